The van der Waals surface area contributed by atoms with Crippen molar-refractivity contribution < 1.29 is 10.2 Å². The van der Waals surface area contributed by atoms with Gasteiger partial charge in [0.25, 0.3) is 0 Å². The van der Waals surface area contributed by atoms with Gasteiger partial charge in [-0.1, -0.05) is 24.0 Å². The lowest BCUT2D eigenvalue weighted by Crippen LogP contribution is -2.31. The molecule has 0 radical (unpaired) electrons. The third-order valence-corrected chi connectivity index (χ3v) is 3.14. The largest absolute Gasteiger partial charge is 0.396 e. The third-order valence-electron chi connectivity index (χ3n) is 3.14. The molecule has 1 aromatic carbocycles. The van der Waals surface area contributed by atoms with Crippen molar-refractivity contribution in [2.24, 2.45) is 0 Å². The summed E-state index contributed by atoms with van der Waals surface area (Å²) in [5.41, 5.74) is 2.23. The molecule has 0 spiro atoms. The molecular formula is C17H25NO2. The number of benzene rings is 1. The van der Waals surface area contributed by atoms with E-state index in [1.165, 1.54) is 5.56 Å². The first-order chi connectivity index (χ1) is 9.67. The second-order valence-electron chi connectivity index (χ2n) is 5.11. The fraction of sp³-hybridized carbons (Fsp3) is 0.529. The molecule has 0 fully saturated rings. The number of aliphatic hydroxyl groups excluding tert-OH is 2. The molecule has 2 N–H and O–H groups in total. The summed E-state index contributed by atoms with van der Waals surface area (Å²) < 4.78 is 0. The van der Waals surface area contributed by atoms with E-state index in [2.05, 4.69) is 42.7 Å². The first kappa shape index (κ1) is 16.7. The fourth-order valence-electron chi connectivity index (χ4n) is 1.94. The van der Waals surface area contributed by atoms with Crippen molar-refractivity contribution in [1.29, 1.82) is 0 Å². The van der Waals surface area contributed by atoms with E-state index in [1.54, 1.807) is 0 Å². The topological polar surface area (TPSA) is 43.7 Å². The van der Waals surface area contributed by atoms with E-state index in [4.69, 9.17) is 10.2 Å². The molecule has 0 saturated carbocycles. The normalized spacial score (nSPS) is 10.7. The molecule has 0 aliphatic heterocycles. The van der Waals surface area contributed by atoms with Gasteiger partial charge >= 0.3 is 0 Å². The Hall–Kier alpha value is -1.34. The van der Waals surface area contributed by atoms with Crippen LogP contribution in [0, 0.1) is 11.8 Å². The van der Waals surface area contributed by atoms with Crippen molar-refractivity contribution in [3.63, 3.8) is 0 Å². The van der Waals surface area contributed by atoms with Crippen molar-refractivity contribution in [3.8, 4) is 11.8 Å². The van der Waals surface area contributed by atoms with Crippen LogP contribution in [0.25, 0.3) is 0 Å². The molecule has 0 unspecified atom stereocenters. The first-order valence-electron chi connectivity index (χ1n) is 7.21. The van der Waals surface area contributed by atoms with E-state index in [9.17, 15) is 0 Å². The number of nitrogens with zero attached hydrogens (tertiary/aromatic N) is 1. The Morgan fingerprint density at radius 3 is 2.35 bits per heavy atom. The van der Waals surface area contributed by atoms with Crippen LogP contribution < -0.4 is 0 Å². The molecule has 0 amide bonds. The molecule has 20 heavy (non-hydrogen) atoms. The van der Waals surface area contributed by atoms with Crippen molar-refractivity contribution in [2.75, 3.05) is 19.8 Å². The maximum atomic E-state index is 8.94. The van der Waals surface area contributed by atoms with E-state index in [-0.39, 0.29) is 13.2 Å². The predicted octanol–water partition coefficient (Wildman–Crippen LogP) is 2.01. The minimum atomic E-state index is 0.110. The quantitative estimate of drug-likeness (QED) is 0.748. The van der Waals surface area contributed by atoms with Crippen LogP contribution in [-0.2, 0) is 6.54 Å². The van der Waals surface area contributed by atoms with Gasteiger partial charge in [-0.15, -0.1) is 0 Å². The van der Waals surface area contributed by atoms with Gasteiger partial charge in [-0.05, 0) is 38.0 Å². The number of hydrogen-bond acceptors (Lipinski definition) is 3. The lowest BCUT2D eigenvalue weighted by Gasteiger charge is -2.26. The van der Waals surface area contributed by atoms with Crippen LogP contribution in [0.4, 0.5) is 0 Å². The zero-order valence-electron chi connectivity index (χ0n) is 12.5. The highest BCUT2D eigenvalue weighted by Crippen LogP contribution is 2.10. The van der Waals surface area contributed by atoms with E-state index in [0.717, 1.165) is 25.1 Å². The van der Waals surface area contributed by atoms with Crippen LogP contribution in [0.1, 0.15) is 37.8 Å². The number of aliphatic hydroxyl groups is 2. The molecule has 1 aromatic rings. The van der Waals surface area contributed by atoms with Crippen LogP contribution in [0.5, 0.6) is 0 Å². The van der Waals surface area contributed by atoms with Gasteiger partial charge in [0.05, 0.1) is 6.61 Å². The van der Waals surface area contributed by atoms with Crippen molar-refractivity contribution in [1.82, 2.24) is 4.90 Å². The Balaban J connectivity index is 2.61. The summed E-state index contributed by atoms with van der Waals surface area (Å²) in [5, 5.41) is 17.6. The minimum absolute atomic E-state index is 0.110. The zero-order chi connectivity index (χ0) is 14.8. The monoisotopic (exact) mass is 275 g/mol. The molecule has 0 heterocycles. The molecular weight excluding hydrogens is 250 g/mol. The Kier molecular flexibility index (Phi) is 7.98. The van der Waals surface area contributed by atoms with E-state index in [1.807, 2.05) is 12.1 Å². The van der Waals surface area contributed by atoms with Crippen LogP contribution in [0.3, 0.4) is 0 Å². The summed E-state index contributed by atoms with van der Waals surface area (Å²) in [4.78, 5) is 2.35. The van der Waals surface area contributed by atoms with Gasteiger partial charge in [0.2, 0.25) is 0 Å². The highest BCUT2D eigenvalue weighted by molar-refractivity contribution is 5.36. The van der Waals surface area contributed by atoms with Crippen molar-refractivity contribution in [2.45, 2.75) is 39.3 Å². The third kappa shape index (κ3) is 6.21. The van der Waals surface area contributed by atoms with Gasteiger partial charge in [0.15, 0.2) is 0 Å². The smallest absolute Gasteiger partial charge is 0.0540 e. The molecule has 0 aliphatic carbocycles. The van der Waals surface area contributed by atoms with Gasteiger partial charge in [-0.2, -0.15) is 0 Å². The lowest BCUT2D eigenvalue weighted by atomic mass is 10.1. The van der Waals surface area contributed by atoms with Gasteiger partial charge in [0.1, 0.15) is 0 Å². The van der Waals surface area contributed by atoms with Crippen LogP contribution in [0.2, 0.25) is 0 Å². The predicted molar refractivity (Wildman–Crippen MR) is 82.3 cm³/mol. The molecule has 0 bridgehead atoms. The van der Waals surface area contributed by atoms with Gasteiger partial charge in [-0.25, -0.2) is 0 Å². The van der Waals surface area contributed by atoms with Crippen LogP contribution in [-0.4, -0.2) is 40.9 Å². The molecule has 0 aromatic heterocycles. The molecule has 0 aliphatic rings. The Labute approximate surface area is 122 Å². The van der Waals surface area contributed by atoms with Crippen molar-refractivity contribution >= 4 is 0 Å². The standard InChI is InChI=1S/C17H25NO2/c1-15(2)18(11-5-13-20)14-17-9-7-16(8-10-17)6-3-4-12-19/h7-10,15,19-20H,4-5,11-14H2,1-2H3. The highest BCUT2D eigenvalue weighted by atomic mass is 16.3. The summed E-state index contributed by atoms with van der Waals surface area (Å²) in [6, 6.07) is 8.69. The first-order valence-corrected chi connectivity index (χ1v) is 7.21. The fourth-order valence-corrected chi connectivity index (χ4v) is 1.94. The Bertz CT molecular complexity index is 429. The highest BCUT2D eigenvalue weighted by Gasteiger charge is 2.09. The van der Waals surface area contributed by atoms with Crippen LogP contribution in [0.15, 0.2) is 24.3 Å². The van der Waals surface area contributed by atoms with Crippen LogP contribution >= 0.6 is 0 Å². The molecule has 1 rings (SSSR count). The summed E-state index contributed by atoms with van der Waals surface area (Å²) in [7, 11) is 0. The van der Waals surface area contributed by atoms with E-state index < -0.39 is 0 Å². The summed E-state index contributed by atoms with van der Waals surface area (Å²) in [6.07, 6.45) is 1.33. The molecule has 3 heteroatoms. The Morgan fingerprint density at radius 2 is 1.80 bits per heavy atom. The van der Waals surface area contributed by atoms with Crippen molar-refractivity contribution in [3.05, 3.63) is 35.4 Å². The molecule has 0 atom stereocenters. The lowest BCUT2D eigenvalue weighted by molar-refractivity contribution is 0.185. The SMILES string of the molecule is CC(C)N(CCCO)Cc1ccc(C#CCCO)cc1. The van der Waals surface area contributed by atoms with Gasteiger partial charge < -0.3 is 10.2 Å². The minimum Gasteiger partial charge on any atom is -0.396 e. The average Bonchev–Trinajstić information content (AvgIpc) is 2.45. The van der Waals surface area contributed by atoms with E-state index >= 15 is 0 Å². The second-order valence-corrected chi connectivity index (χ2v) is 5.11. The average molecular weight is 275 g/mol. The molecule has 110 valence electrons. The maximum Gasteiger partial charge on any atom is 0.0540 e. The van der Waals surface area contributed by atoms with Gasteiger partial charge in [-0.3, -0.25) is 4.90 Å². The van der Waals surface area contributed by atoms with Gasteiger partial charge in [0, 0.05) is 37.7 Å². The zero-order valence-corrected chi connectivity index (χ0v) is 12.5. The van der Waals surface area contributed by atoms with E-state index in [0.29, 0.717) is 12.5 Å². The number of hydrogen-bond donors (Lipinski definition) is 2. The summed E-state index contributed by atoms with van der Waals surface area (Å²) in [5.74, 6) is 5.95. The number of rotatable bonds is 7. The molecule has 3 nitrogen and oxygen atoms in total. The molecule has 0 saturated heterocycles. The second kappa shape index (κ2) is 9.55. The Morgan fingerprint density at radius 1 is 1.10 bits per heavy atom. The maximum absolute atomic E-state index is 8.94. The summed E-state index contributed by atoms with van der Waals surface area (Å²) in [6.45, 7) is 6.49. The summed E-state index contributed by atoms with van der Waals surface area (Å²) >= 11 is 0.